The molecule has 10 heteroatoms. The maximum Gasteiger partial charge on any atom is 0.345 e. The first-order valence-electron chi connectivity index (χ1n) is 8.35. The van der Waals surface area contributed by atoms with Crippen molar-refractivity contribution in [3.05, 3.63) is 64.8 Å². The van der Waals surface area contributed by atoms with Gasteiger partial charge in [0, 0.05) is 23.3 Å². The number of nitrogens with one attached hydrogen (secondary N) is 1. The van der Waals surface area contributed by atoms with Crippen molar-refractivity contribution in [1.29, 1.82) is 0 Å². The molecule has 8 nitrogen and oxygen atoms in total. The van der Waals surface area contributed by atoms with E-state index in [1.54, 1.807) is 42.5 Å². The van der Waals surface area contributed by atoms with Gasteiger partial charge in [0.2, 0.25) is 0 Å². The maximum atomic E-state index is 12.7. The average Bonchev–Trinajstić information content (AvgIpc) is 2.69. The lowest BCUT2D eigenvalue weighted by atomic mass is 10.1. The highest BCUT2D eigenvalue weighted by Crippen LogP contribution is 2.29. The van der Waals surface area contributed by atoms with E-state index >= 15 is 0 Å². The first-order valence-corrected chi connectivity index (χ1v) is 10.1. The van der Waals surface area contributed by atoms with Crippen LogP contribution in [0, 0.1) is 0 Å². The second-order valence-electron chi connectivity index (χ2n) is 5.99. The highest BCUT2D eigenvalue weighted by atomic mass is 35.5. The third kappa shape index (κ3) is 4.36. The molecule has 1 aliphatic rings. The second kappa shape index (κ2) is 8.14. The summed E-state index contributed by atoms with van der Waals surface area (Å²) in [5.74, 6) is 0.268. The SMILES string of the molecule is COc1ccc(C2=NS(=O)(=O)N(C)C(C(=O)Nc3cccc(Cl)c3)=C2)cc1OC. The topological polar surface area (TPSA) is 97.3 Å². The van der Waals surface area contributed by atoms with Crippen molar-refractivity contribution in [1.82, 2.24) is 4.31 Å². The molecule has 29 heavy (non-hydrogen) atoms. The molecule has 0 aromatic heterocycles. The molecule has 0 aliphatic carbocycles. The molecule has 0 saturated heterocycles. The first kappa shape index (κ1) is 20.7. The normalized spacial score (nSPS) is 15.2. The highest BCUT2D eigenvalue weighted by Gasteiger charge is 2.30. The van der Waals surface area contributed by atoms with E-state index < -0.39 is 16.1 Å². The summed E-state index contributed by atoms with van der Waals surface area (Å²) in [7, 11) is 0.123. The minimum Gasteiger partial charge on any atom is -0.493 e. The summed E-state index contributed by atoms with van der Waals surface area (Å²) in [5, 5.41) is 3.07. The number of benzene rings is 2. The summed E-state index contributed by atoms with van der Waals surface area (Å²) in [4.78, 5) is 12.7. The van der Waals surface area contributed by atoms with Gasteiger partial charge in [0.15, 0.2) is 11.5 Å². The van der Waals surface area contributed by atoms with Crippen LogP contribution in [-0.2, 0) is 15.0 Å². The Labute approximate surface area is 173 Å². The largest absolute Gasteiger partial charge is 0.493 e. The van der Waals surface area contributed by atoms with Gasteiger partial charge < -0.3 is 14.8 Å². The number of likely N-dealkylation sites (N-methyl/N-ethyl adjacent to an activating group) is 1. The number of rotatable bonds is 5. The van der Waals surface area contributed by atoms with E-state index in [0.717, 1.165) is 4.31 Å². The molecule has 152 valence electrons. The third-order valence-corrected chi connectivity index (χ3v) is 5.72. The van der Waals surface area contributed by atoms with Gasteiger partial charge in [-0.25, -0.2) is 4.31 Å². The minimum atomic E-state index is -4.09. The zero-order valence-electron chi connectivity index (χ0n) is 15.8. The number of nitrogens with zero attached hydrogens (tertiary/aromatic N) is 2. The van der Waals surface area contributed by atoms with Crippen LogP contribution in [0.1, 0.15) is 5.56 Å². The van der Waals surface area contributed by atoms with Gasteiger partial charge in [0.25, 0.3) is 5.91 Å². The average molecular weight is 436 g/mol. The van der Waals surface area contributed by atoms with E-state index in [1.165, 1.54) is 27.3 Å². The fourth-order valence-electron chi connectivity index (χ4n) is 2.66. The molecule has 0 saturated carbocycles. The van der Waals surface area contributed by atoms with Crippen molar-refractivity contribution in [2.75, 3.05) is 26.6 Å². The van der Waals surface area contributed by atoms with Crippen molar-refractivity contribution in [3.8, 4) is 11.5 Å². The highest BCUT2D eigenvalue weighted by molar-refractivity contribution is 7.88. The molecule has 3 rings (SSSR count). The van der Waals surface area contributed by atoms with Gasteiger partial charge >= 0.3 is 10.2 Å². The predicted octanol–water partition coefficient (Wildman–Crippen LogP) is 2.86. The molecule has 0 spiro atoms. The van der Waals surface area contributed by atoms with Gasteiger partial charge in [-0.05, 0) is 42.5 Å². The third-order valence-electron chi connectivity index (χ3n) is 4.17. The number of hydrogen-bond donors (Lipinski definition) is 1. The first-order chi connectivity index (χ1) is 13.7. The smallest absolute Gasteiger partial charge is 0.345 e. The Morgan fingerprint density at radius 2 is 1.83 bits per heavy atom. The number of ether oxygens (including phenoxy) is 2. The van der Waals surface area contributed by atoms with Crippen LogP contribution in [0.3, 0.4) is 0 Å². The minimum absolute atomic E-state index is 0.0928. The summed E-state index contributed by atoms with van der Waals surface area (Å²) in [5.41, 5.74) is 0.891. The van der Waals surface area contributed by atoms with Crippen LogP contribution < -0.4 is 14.8 Å². The lowest BCUT2D eigenvalue weighted by molar-refractivity contribution is -0.113. The van der Waals surface area contributed by atoms with Gasteiger partial charge in [-0.15, -0.1) is 4.40 Å². The van der Waals surface area contributed by atoms with Crippen molar-refractivity contribution in [2.45, 2.75) is 0 Å². The van der Waals surface area contributed by atoms with Crippen LogP contribution in [0.2, 0.25) is 5.02 Å². The molecule has 1 heterocycles. The van der Waals surface area contributed by atoms with Gasteiger partial charge in [-0.2, -0.15) is 8.42 Å². The number of amides is 1. The number of allylic oxidation sites excluding steroid dienone is 1. The van der Waals surface area contributed by atoms with Crippen LogP contribution in [0.15, 0.2) is 58.6 Å². The number of methoxy groups -OCH3 is 2. The zero-order chi connectivity index (χ0) is 21.2. The van der Waals surface area contributed by atoms with Gasteiger partial charge in [0.1, 0.15) is 5.70 Å². The maximum absolute atomic E-state index is 12.7. The number of carbonyl (C=O) groups is 1. The van der Waals surface area contributed by atoms with E-state index in [4.69, 9.17) is 21.1 Å². The summed E-state index contributed by atoms with van der Waals surface area (Å²) in [6.07, 6.45) is 1.39. The number of halogens is 1. The fraction of sp³-hybridized carbons (Fsp3) is 0.158. The molecule has 0 unspecified atom stereocenters. The van der Waals surface area contributed by atoms with E-state index in [9.17, 15) is 13.2 Å². The molecule has 0 atom stereocenters. The van der Waals surface area contributed by atoms with E-state index in [-0.39, 0.29) is 11.4 Å². The van der Waals surface area contributed by atoms with Gasteiger partial charge in [-0.3, -0.25) is 4.79 Å². The lowest BCUT2D eigenvalue weighted by Crippen LogP contribution is -2.35. The molecule has 2 aromatic carbocycles. The summed E-state index contributed by atoms with van der Waals surface area (Å²) < 4.78 is 40.1. The van der Waals surface area contributed by atoms with Crippen molar-refractivity contribution < 1.29 is 22.7 Å². The predicted molar refractivity (Wildman–Crippen MR) is 111 cm³/mol. The Morgan fingerprint density at radius 3 is 2.48 bits per heavy atom. The van der Waals surface area contributed by atoms with Crippen molar-refractivity contribution in [3.63, 3.8) is 0 Å². The van der Waals surface area contributed by atoms with Crippen molar-refractivity contribution in [2.24, 2.45) is 4.40 Å². The molecular formula is C19H18ClN3O5S. The monoisotopic (exact) mass is 435 g/mol. The second-order valence-corrected chi connectivity index (χ2v) is 8.05. The standard InChI is InChI=1S/C19H18ClN3O5S/c1-23-16(19(24)21-14-6-4-5-13(20)10-14)11-15(22-29(23,25)26)12-7-8-17(27-2)18(9-12)28-3/h4-11H,1-3H3,(H,21,24). The number of anilines is 1. The molecule has 0 bridgehead atoms. The molecule has 1 N–H and O–H groups in total. The van der Waals surface area contributed by atoms with Gasteiger partial charge in [0.05, 0.1) is 19.9 Å². The summed E-state index contributed by atoms with van der Waals surface area (Å²) in [6.45, 7) is 0. The van der Waals surface area contributed by atoms with E-state index in [1.807, 2.05) is 0 Å². The Bertz CT molecular complexity index is 1130. The Kier molecular flexibility index (Phi) is 5.81. The molecule has 0 radical (unpaired) electrons. The lowest BCUT2D eigenvalue weighted by Gasteiger charge is -2.24. The quantitative estimate of drug-likeness (QED) is 0.778. The Morgan fingerprint density at radius 1 is 1.10 bits per heavy atom. The van der Waals surface area contributed by atoms with Gasteiger partial charge in [-0.1, -0.05) is 17.7 Å². The summed E-state index contributed by atoms with van der Waals surface area (Å²) in [6, 6.07) is 11.4. The number of hydrogen-bond acceptors (Lipinski definition) is 5. The molecule has 1 amide bonds. The molecular weight excluding hydrogens is 418 g/mol. The molecule has 2 aromatic rings. The van der Waals surface area contributed by atoms with Crippen LogP contribution in [-0.4, -0.2) is 45.6 Å². The summed E-state index contributed by atoms with van der Waals surface area (Å²) >= 11 is 5.93. The van der Waals surface area contributed by atoms with Crippen LogP contribution in [0.4, 0.5) is 5.69 Å². The molecule has 1 aliphatic heterocycles. The number of carbonyl (C=O) groups excluding carboxylic acids is 1. The van der Waals surface area contributed by atoms with Crippen LogP contribution in [0.5, 0.6) is 11.5 Å². The van der Waals surface area contributed by atoms with Crippen molar-refractivity contribution >= 4 is 39.1 Å². The van der Waals surface area contributed by atoms with Crippen LogP contribution >= 0.6 is 11.6 Å². The van der Waals surface area contributed by atoms with E-state index in [0.29, 0.717) is 27.8 Å². The zero-order valence-corrected chi connectivity index (χ0v) is 17.4. The fourth-order valence-corrected chi connectivity index (χ4v) is 3.76. The Balaban J connectivity index is 2.00. The van der Waals surface area contributed by atoms with Crippen LogP contribution in [0.25, 0.3) is 0 Å². The van der Waals surface area contributed by atoms with E-state index in [2.05, 4.69) is 9.71 Å². The Hall–Kier alpha value is -3.04. The molecule has 0 fully saturated rings.